The minimum absolute atomic E-state index is 0.00652. The summed E-state index contributed by atoms with van der Waals surface area (Å²) in [6.07, 6.45) is -4.89. The summed E-state index contributed by atoms with van der Waals surface area (Å²) in [4.78, 5) is 12.0. The normalized spacial score (nSPS) is 11.5. The first-order valence-electron chi connectivity index (χ1n) is 5.94. The second-order valence-electron chi connectivity index (χ2n) is 4.38. The molecule has 0 atom stereocenters. The minimum atomic E-state index is -4.89. The number of hydrogen-bond acceptors (Lipinski definition) is 2. The van der Waals surface area contributed by atoms with Gasteiger partial charge >= 0.3 is 12.1 Å². The van der Waals surface area contributed by atoms with Crippen molar-refractivity contribution in [1.82, 2.24) is 0 Å². The Labute approximate surface area is 152 Å². The average Bonchev–Trinajstić information content (AvgIpc) is 2.47. The molecule has 2 nitrogen and oxygen atoms in total. The molecule has 0 N–H and O–H groups in total. The van der Waals surface area contributed by atoms with Crippen LogP contribution in [0.15, 0.2) is 24.3 Å². The Kier molecular flexibility index (Phi) is 5.54. The standard InChI is InChI=1S/C14H4Cl4F4O2/c15-7-4-8(16)12(11(18)10(7)17)24-13(23)5-1-2-6(9(19)3-5)14(20,21)22/h1-4H. The van der Waals surface area contributed by atoms with Crippen molar-refractivity contribution in [3.63, 3.8) is 0 Å². The molecule has 0 saturated heterocycles. The van der Waals surface area contributed by atoms with Gasteiger partial charge in [-0.2, -0.15) is 13.2 Å². The third kappa shape index (κ3) is 3.88. The van der Waals surface area contributed by atoms with Crippen LogP contribution in [-0.4, -0.2) is 5.97 Å². The maximum Gasteiger partial charge on any atom is 0.419 e. The fourth-order valence-electron chi connectivity index (χ4n) is 1.67. The van der Waals surface area contributed by atoms with E-state index in [1.54, 1.807) is 0 Å². The Balaban J connectivity index is 2.35. The van der Waals surface area contributed by atoms with E-state index in [1.165, 1.54) is 0 Å². The van der Waals surface area contributed by atoms with Crippen molar-refractivity contribution in [2.45, 2.75) is 6.18 Å². The van der Waals surface area contributed by atoms with Crippen LogP contribution in [0.2, 0.25) is 20.1 Å². The third-order valence-corrected chi connectivity index (χ3v) is 4.30. The summed E-state index contributed by atoms with van der Waals surface area (Å²) in [6, 6.07) is 2.73. The third-order valence-electron chi connectivity index (χ3n) is 2.78. The van der Waals surface area contributed by atoms with Crippen LogP contribution in [0.1, 0.15) is 15.9 Å². The zero-order chi connectivity index (χ0) is 18.2. The molecule has 0 aliphatic rings. The number of ether oxygens (including phenoxy) is 1. The van der Waals surface area contributed by atoms with Crippen LogP contribution in [0.25, 0.3) is 0 Å². The summed E-state index contributed by atoms with van der Waals surface area (Å²) in [5.74, 6) is -3.15. The Bertz CT molecular complexity index is 821. The quantitative estimate of drug-likeness (QED) is 0.178. The number of esters is 1. The number of benzene rings is 2. The molecule has 0 bridgehead atoms. The van der Waals surface area contributed by atoms with Crippen molar-refractivity contribution < 1.29 is 27.1 Å². The molecule has 10 heteroatoms. The van der Waals surface area contributed by atoms with Crippen molar-refractivity contribution in [3.05, 3.63) is 61.3 Å². The van der Waals surface area contributed by atoms with Gasteiger partial charge in [-0.15, -0.1) is 0 Å². The van der Waals surface area contributed by atoms with Gasteiger partial charge in [-0.3, -0.25) is 0 Å². The van der Waals surface area contributed by atoms with Gasteiger partial charge in [-0.05, 0) is 24.3 Å². The lowest BCUT2D eigenvalue weighted by molar-refractivity contribution is -0.140. The molecule has 0 amide bonds. The molecule has 0 spiro atoms. The monoisotopic (exact) mass is 420 g/mol. The molecular formula is C14H4Cl4F4O2. The number of hydrogen-bond donors (Lipinski definition) is 0. The highest BCUT2D eigenvalue weighted by Gasteiger charge is 2.34. The molecule has 24 heavy (non-hydrogen) atoms. The van der Waals surface area contributed by atoms with Crippen LogP contribution < -0.4 is 4.74 Å². The van der Waals surface area contributed by atoms with Gasteiger partial charge in [0.15, 0.2) is 5.75 Å². The molecule has 2 aromatic carbocycles. The van der Waals surface area contributed by atoms with Crippen LogP contribution >= 0.6 is 46.4 Å². The van der Waals surface area contributed by atoms with Gasteiger partial charge in [-0.1, -0.05) is 46.4 Å². The molecule has 0 aliphatic heterocycles. The Morgan fingerprint density at radius 1 is 0.958 bits per heavy atom. The van der Waals surface area contributed by atoms with E-state index < -0.39 is 29.1 Å². The number of alkyl halides is 3. The zero-order valence-electron chi connectivity index (χ0n) is 11.1. The molecule has 0 aliphatic carbocycles. The number of rotatable bonds is 2. The van der Waals surface area contributed by atoms with Crippen molar-refractivity contribution >= 4 is 52.4 Å². The van der Waals surface area contributed by atoms with Crippen LogP contribution in [0, 0.1) is 5.82 Å². The predicted octanol–water partition coefficient (Wildman–Crippen LogP) is 6.68. The first-order chi connectivity index (χ1) is 11.0. The van der Waals surface area contributed by atoms with Gasteiger partial charge in [0.1, 0.15) is 10.8 Å². The van der Waals surface area contributed by atoms with E-state index in [-0.39, 0.29) is 25.8 Å². The summed E-state index contributed by atoms with van der Waals surface area (Å²) in [7, 11) is 0. The van der Waals surface area contributed by atoms with Gasteiger partial charge in [0.2, 0.25) is 0 Å². The van der Waals surface area contributed by atoms with Gasteiger partial charge in [-0.25, -0.2) is 9.18 Å². The lowest BCUT2D eigenvalue weighted by Crippen LogP contribution is -2.13. The first kappa shape index (κ1) is 19.1. The van der Waals surface area contributed by atoms with Crippen molar-refractivity contribution in [1.29, 1.82) is 0 Å². The molecule has 0 unspecified atom stereocenters. The second-order valence-corrected chi connectivity index (χ2v) is 5.95. The Morgan fingerprint density at radius 3 is 2.12 bits per heavy atom. The molecule has 2 rings (SSSR count). The highest BCUT2D eigenvalue weighted by Crippen LogP contribution is 2.43. The van der Waals surface area contributed by atoms with Crippen molar-refractivity contribution in [2.75, 3.05) is 0 Å². The van der Waals surface area contributed by atoms with Crippen LogP contribution in [0.3, 0.4) is 0 Å². The number of carbonyl (C=O) groups excluding carboxylic acids is 1. The minimum Gasteiger partial charge on any atom is -0.420 e. The Hall–Kier alpha value is -1.21. The molecule has 128 valence electrons. The molecule has 0 heterocycles. The number of carbonyl (C=O) groups is 1. The largest absolute Gasteiger partial charge is 0.420 e. The van der Waals surface area contributed by atoms with Crippen LogP contribution in [0.4, 0.5) is 17.6 Å². The zero-order valence-corrected chi connectivity index (χ0v) is 14.2. The summed E-state index contributed by atoms with van der Waals surface area (Å²) >= 11 is 23.2. The van der Waals surface area contributed by atoms with Crippen LogP contribution in [-0.2, 0) is 6.18 Å². The first-order valence-corrected chi connectivity index (χ1v) is 7.45. The van der Waals surface area contributed by atoms with E-state index in [9.17, 15) is 22.4 Å². The van der Waals surface area contributed by atoms with Crippen molar-refractivity contribution in [2.24, 2.45) is 0 Å². The summed E-state index contributed by atoms with van der Waals surface area (Å²) in [5.41, 5.74) is -1.98. The van der Waals surface area contributed by atoms with E-state index in [0.29, 0.717) is 12.1 Å². The predicted molar refractivity (Wildman–Crippen MR) is 82.8 cm³/mol. The summed E-state index contributed by atoms with van der Waals surface area (Å²) in [6.45, 7) is 0. The van der Waals surface area contributed by atoms with E-state index in [1.807, 2.05) is 0 Å². The van der Waals surface area contributed by atoms with E-state index >= 15 is 0 Å². The van der Waals surface area contributed by atoms with Gasteiger partial charge in [0.05, 0.1) is 26.2 Å². The molecule has 2 aromatic rings. The lowest BCUT2D eigenvalue weighted by Gasteiger charge is -2.12. The fraction of sp³-hybridized carbons (Fsp3) is 0.0714. The smallest absolute Gasteiger partial charge is 0.419 e. The molecule has 0 fully saturated rings. The SMILES string of the molecule is O=C(Oc1c(Cl)cc(Cl)c(Cl)c1Cl)c1ccc(C(F)(F)F)c(F)c1. The number of halogens is 8. The lowest BCUT2D eigenvalue weighted by atomic mass is 10.1. The van der Waals surface area contributed by atoms with Crippen LogP contribution in [0.5, 0.6) is 5.75 Å². The highest BCUT2D eigenvalue weighted by molar-refractivity contribution is 6.50. The summed E-state index contributed by atoms with van der Waals surface area (Å²) < 4.78 is 55.9. The topological polar surface area (TPSA) is 26.3 Å². The molecular weight excluding hydrogens is 418 g/mol. The van der Waals surface area contributed by atoms with E-state index in [0.717, 1.165) is 12.1 Å². The maximum atomic E-state index is 13.5. The van der Waals surface area contributed by atoms with E-state index in [4.69, 9.17) is 51.1 Å². The van der Waals surface area contributed by atoms with E-state index in [2.05, 4.69) is 0 Å². The van der Waals surface area contributed by atoms with Crippen molar-refractivity contribution in [3.8, 4) is 5.75 Å². The average molecular weight is 422 g/mol. The highest BCUT2D eigenvalue weighted by atomic mass is 35.5. The molecule has 0 aromatic heterocycles. The molecule has 0 radical (unpaired) electrons. The fourth-order valence-corrected chi connectivity index (χ4v) is 2.65. The second kappa shape index (κ2) is 6.96. The van der Waals surface area contributed by atoms with Gasteiger partial charge in [0.25, 0.3) is 0 Å². The maximum absolute atomic E-state index is 13.5. The Morgan fingerprint density at radius 2 is 1.58 bits per heavy atom. The van der Waals surface area contributed by atoms with Gasteiger partial charge in [0, 0.05) is 0 Å². The molecule has 0 saturated carbocycles. The van der Waals surface area contributed by atoms with Gasteiger partial charge < -0.3 is 4.74 Å². The summed E-state index contributed by atoms with van der Waals surface area (Å²) in [5, 5.41) is -0.554.